The van der Waals surface area contributed by atoms with Crippen molar-refractivity contribution >= 4 is 5.96 Å². The molecule has 2 aliphatic rings. The lowest BCUT2D eigenvalue weighted by atomic mass is 9.89. The fourth-order valence-corrected chi connectivity index (χ4v) is 3.71. The quantitative estimate of drug-likeness (QED) is 0.541. The topological polar surface area (TPSA) is 58.1 Å². The number of guanidine groups is 1. The lowest BCUT2D eigenvalue weighted by Crippen LogP contribution is -2.46. The summed E-state index contributed by atoms with van der Waals surface area (Å²) >= 11 is 0. The number of likely N-dealkylation sites (tertiary alicyclic amines) is 1. The van der Waals surface area contributed by atoms with Gasteiger partial charge in [-0.3, -0.25) is 9.89 Å². The molecule has 1 aromatic carbocycles. The molecule has 2 heterocycles. The maximum atomic E-state index is 5.44. The van der Waals surface area contributed by atoms with Gasteiger partial charge in [0, 0.05) is 18.5 Å². The smallest absolute Gasteiger partial charge is 0.191 e. The Balaban J connectivity index is 1.69. The number of hydrogen-bond donors (Lipinski definition) is 2. The van der Waals surface area contributed by atoms with Gasteiger partial charge < -0.3 is 20.1 Å². The van der Waals surface area contributed by atoms with Gasteiger partial charge in [0.25, 0.3) is 0 Å². The maximum absolute atomic E-state index is 5.44. The highest BCUT2D eigenvalue weighted by Gasteiger charge is 2.33. The van der Waals surface area contributed by atoms with Crippen LogP contribution in [0.4, 0.5) is 0 Å². The van der Waals surface area contributed by atoms with Gasteiger partial charge in [-0.2, -0.15) is 0 Å². The van der Waals surface area contributed by atoms with E-state index in [4.69, 9.17) is 14.5 Å². The molecular formula is C21H34N4O2. The monoisotopic (exact) mass is 374 g/mol. The van der Waals surface area contributed by atoms with Crippen LogP contribution in [0.5, 0.6) is 5.75 Å². The normalized spacial score (nSPS) is 20.8. The van der Waals surface area contributed by atoms with E-state index in [1.54, 1.807) is 7.11 Å². The molecule has 1 aromatic rings. The SMILES string of the molecule is CCNC(=NCC1(C)COC1)NCC(c1cccc(OC)c1)N1CCCC1. The van der Waals surface area contributed by atoms with Crippen LogP contribution >= 0.6 is 0 Å². The first-order valence-electron chi connectivity index (χ1n) is 10.1. The summed E-state index contributed by atoms with van der Waals surface area (Å²) in [5, 5.41) is 6.95. The summed E-state index contributed by atoms with van der Waals surface area (Å²) in [7, 11) is 1.73. The third kappa shape index (κ3) is 5.36. The summed E-state index contributed by atoms with van der Waals surface area (Å²) < 4.78 is 10.8. The van der Waals surface area contributed by atoms with E-state index < -0.39 is 0 Å². The largest absolute Gasteiger partial charge is 0.497 e. The van der Waals surface area contributed by atoms with E-state index in [1.807, 2.05) is 6.07 Å². The number of nitrogens with one attached hydrogen (secondary N) is 2. The Hall–Kier alpha value is -1.79. The van der Waals surface area contributed by atoms with Crippen LogP contribution in [0, 0.1) is 5.41 Å². The molecule has 0 bridgehead atoms. The van der Waals surface area contributed by atoms with E-state index in [1.165, 1.54) is 18.4 Å². The zero-order chi connectivity index (χ0) is 19.1. The Bertz CT molecular complexity index is 624. The number of aliphatic imine (C=N–C) groups is 1. The number of benzene rings is 1. The Morgan fingerprint density at radius 1 is 1.30 bits per heavy atom. The van der Waals surface area contributed by atoms with E-state index in [0.717, 1.165) is 57.6 Å². The van der Waals surface area contributed by atoms with Crippen LogP contribution < -0.4 is 15.4 Å². The lowest BCUT2D eigenvalue weighted by molar-refractivity contribution is -0.0945. The number of nitrogens with zero attached hydrogens (tertiary/aromatic N) is 2. The Labute approximate surface area is 163 Å². The predicted molar refractivity (Wildman–Crippen MR) is 109 cm³/mol. The minimum atomic E-state index is 0.184. The molecule has 0 spiro atoms. The van der Waals surface area contributed by atoms with Crippen LogP contribution in [-0.4, -0.2) is 63.9 Å². The molecular weight excluding hydrogens is 340 g/mol. The van der Waals surface area contributed by atoms with Gasteiger partial charge in [0.05, 0.1) is 32.9 Å². The van der Waals surface area contributed by atoms with Crippen molar-refractivity contribution in [1.82, 2.24) is 15.5 Å². The highest BCUT2D eigenvalue weighted by Crippen LogP contribution is 2.28. The van der Waals surface area contributed by atoms with Crippen LogP contribution in [0.25, 0.3) is 0 Å². The van der Waals surface area contributed by atoms with E-state index in [0.29, 0.717) is 6.04 Å². The van der Waals surface area contributed by atoms with Crippen LogP contribution in [0.3, 0.4) is 0 Å². The van der Waals surface area contributed by atoms with E-state index in [2.05, 4.69) is 47.6 Å². The van der Waals surface area contributed by atoms with Gasteiger partial charge in [-0.05, 0) is 50.6 Å². The van der Waals surface area contributed by atoms with Crippen molar-refractivity contribution in [2.75, 3.05) is 53.0 Å². The van der Waals surface area contributed by atoms with E-state index in [9.17, 15) is 0 Å². The number of hydrogen-bond acceptors (Lipinski definition) is 4. The summed E-state index contributed by atoms with van der Waals surface area (Å²) in [6.07, 6.45) is 2.54. The molecule has 27 heavy (non-hydrogen) atoms. The summed E-state index contributed by atoms with van der Waals surface area (Å²) in [6, 6.07) is 8.75. The molecule has 1 unspecified atom stereocenters. The van der Waals surface area contributed by atoms with Crippen molar-refractivity contribution in [2.24, 2.45) is 10.4 Å². The Morgan fingerprint density at radius 2 is 2.07 bits per heavy atom. The zero-order valence-corrected chi connectivity index (χ0v) is 17.0. The zero-order valence-electron chi connectivity index (χ0n) is 17.0. The molecule has 0 radical (unpaired) electrons. The number of methoxy groups -OCH3 is 1. The molecule has 1 atom stereocenters. The number of rotatable bonds is 8. The molecule has 2 N–H and O–H groups in total. The fourth-order valence-electron chi connectivity index (χ4n) is 3.71. The minimum absolute atomic E-state index is 0.184. The molecule has 2 fully saturated rings. The molecule has 6 heteroatoms. The third-order valence-corrected chi connectivity index (χ3v) is 5.39. The van der Waals surface area contributed by atoms with Crippen LogP contribution in [0.1, 0.15) is 38.3 Å². The highest BCUT2D eigenvalue weighted by atomic mass is 16.5. The highest BCUT2D eigenvalue weighted by molar-refractivity contribution is 5.79. The second-order valence-corrected chi connectivity index (χ2v) is 7.92. The van der Waals surface area contributed by atoms with Gasteiger partial charge in [-0.25, -0.2) is 0 Å². The second kappa shape index (κ2) is 9.42. The van der Waals surface area contributed by atoms with E-state index >= 15 is 0 Å². The maximum Gasteiger partial charge on any atom is 0.191 e. The van der Waals surface area contributed by atoms with Crippen molar-refractivity contribution in [1.29, 1.82) is 0 Å². The average molecular weight is 375 g/mol. The molecule has 0 aliphatic carbocycles. The molecule has 150 valence electrons. The average Bonchev–Trinajstić information content (AvgIpc) is 3.19. The first-order chi connectivity index (χ1) is 13.1. The Kier molecular flexibility index (Phi) is 6.96. The molecule has 0 aromatic heterocycles. The summed E-state index contributed by atoms with van der Waals surface area (Å²) in [5.74, 6) is 1.80. The molecule has 3 rings (SSSR count). The first kappa shape index (κ1) is 20.0. The molecule has 2 saturated heterocycles. The lowest BCUT2D eigenvalue weighted by Gasteiger charge is -2.36. The van der Waals surface area contributed by atoms with Gasteiger partial charge in [0.15, 0.2) is 5.96 Å². The van der Waals surface area contributed by atoms with Crippen molar-refractivity contribution in [3.05, 3.63) is 29.8 Å². The fraction of sp³-hybridized carbons (Fsp3) is 0.667. The molecule has 0 amide bonds. The summed E-state index contributed by atoms with van der Waals surface area (Å²) in [4.78, 5) is 7.37. The predicted octanol–water partition coefficient (Wildman–Crippen LogP) is 2.42. The van der Waals surface area contributed by atoms with Crippen molar-refractivity contribution in [2.45, 2.75) is 32.7 Å². The second-order valence-electron chi connectivity index (χ2n) is 7.92. The molecule has 0 saturated carbocycles. The molecule has 2 aliphatic heterocycles. The van der Waals surface area contributed by atoms with Crippen molar-refractivity contribution in [3.8, 4) is 5.75 Å². The summed E-state index contributed by atoms with van der Waals surface area (Å²) in [5.41, 5.74) is 1.47. The number of ether oxygens (including phenoxy) is 2. The Morgan fingerprint density at radius 3 is 2.70 bits per heavy atom. The van der Waals surface area contributed by atoms with Crippen LogP contribution in [0.15, 0.2) is 29.3 Å². The van der Waals surface area contributed by atoms with E-state index in [-0.39, 0.29) is 5.41 Å². The third-order valence-electron chi connectivity index (χ3n) is 5.39. The minimum Gasteiger partial charge on any atom is -0.497 e. The first-order valence-corrected chi connectivity index (χ1v) is 10.1. The molecule has 6 nitrogen and oxygen atoms in total. The summed E-state index contributed by atoms with van der Waals surface area (Å²) in [6.45, 7) is 10.7. The van der Waals surface area contributed by atoms with Gasteiger partial charge >= 0.3 is 0 Å². The van der Waals surface area contributed by atoms with Crippen LogP contribution in [0.2, 0.25) is 0 Å². The van der Waals surface area contributed by atoms with Crippen molar-refractivity contribution < 1.29 is 9.47 Å². The van der Waals surface area contributed by atoms with Gasteiger partial charge in [-0.15, -0.1) is 0 Å². The van der Waals surface area contributed by atoms with Gasteiger partial charge in [0.1, 0.15) is 5.75 Å². The standard InChI is InChI=1S/C21H34N4O2/c1-4-22-20(24-14-21(2)15-27-16-21)23-13-19(25-10-5-6-11-25)17-8-7-9-18(12-17)26-3/h7-9,12,19H,4-6,10-11,13-16H2,1-3H3,(H2,22,23,24). The van der Waals surface area contributed by atoms with Gasteiger partial charge in [0.2, 0.25) is 0 Å². The van der Waals surface area contributed by atoms with Gasteiger partial charge in [-0.1, -0.05) is 19.1 Å². The van der Waals surface area contributed by atoms with Crippen LogP contribution in [-0.2, 0) is 4.74 Å². The van der Waals surface area contributed by atoms with Crippen molar-refractivity contribution in [3.63, 3.8) is 0 Å².